The molecule has 2 heterocycles. The number of nitrogens with zero attached hydrogens (tertiary/aromatic N) is 1. The van der Waals surface area contributed by atoms with Gasteiger partial charge in [-0.25, -0.2) is 8.42 Å². The molecule has 2 aliphatic rings. The lowest BCUT2D eigenvalue weighted by Crippen LogP contribution is -2.35. The van der Waals surface area contributed by atoms with Crippen molar-refractivity contribution in [3.05, 3.63) is 83.4 Å². The third-order valence-corrected chi connectivity index (χ3v) is 8.16. The Bertz CT molecular complexity index is 1340. The maximum atomic E-state index is 13.4. The molecule has 8 heteroatoms. The van der Waals surface area contributed by atoms with Crippen molar-refractivity contribution in [1.29, 1.82) is 0 Å². The predicted octanol–water partition coefficient (Wildman–Crippen LogP) is 3.43. The summed E-state index contributed by atoms with van der Waals surface area (Å²) in [6, 6.07) is 19.8. The molecule has 3 aromatic carbocycles. The normalized spacial score (nSPS) is 16.9. The van der Waals surface area contributed by atoms with Gasteiger partial charge >= 0.3 is 0 Å². The third-order valence-electron chi connectivity index (χ3n) is 6.36. The zero-order valence-electron chi connectivity index (χ0n) is 18.9. The molecule has 0 bridgehead atoms. The standard InChI is InChI=1S/C26H26N2O5S/c1-32-25-11-10-21(34(30,31)28-13-12-19-6-2-4-8-23(19)28)15-22(25)26(29)27-16-18-14-20-7-3-5-9-24(20)33-17-18/h2-11,15,18H,12-14,16-17H2,1H3,(H,27,29)/t18-/m0/s1. The van der Waals surface area contributed by atoms with Crippen LogP contribution in [0, 0.1) is 5.92 Å². The molecule has 176 valence electrons. The second-order valence-electron chi connectivity index (χ2n) is 8.52. The van der Waals surface area contributed by atoms with E-state index >= 15 is 0 Å². The molecule has 1 atom stereocenters. The molecule has 0 spiro atoms. The van der Waals surface area contributed by atoms with E-state index in [0.717, 1.165) is 23.3 Å². The van der Waals surface area contributed by atoms with Crippen molar-refractivity contribution in [2.75, 3.05) is 31.1 Å². The number of nitrogens with one attached hydrogen (secondary N) is 1. The summed E-state index contributed by atoms with van der Waals surface area (Å²) in [7, 11) is -2.36. The van der Waals surface area contributed by atoms with Crippen molar-refractivity contribution < 1.29 is 22.7 Å². The van der Waals surface area contributed by atoms with Gasteiger partial charge < -0.3 is 14.8 Å². The molecule has 0 aromatic heterocycles. The molecular weight excluding hydrogens is 452 g/mol. The number of amides is 1. The largest absolute Gasteiger partial charge is 0.496 e. The first-order valence-corrected chi connectivity index (χ1v) is 12.7. The van der Waals surface area contributed by atoms with Crippen LogP contribution in [0.4, 0.5) is 5.69 Å². The van der Waals surface area contributed by atoms with Crippen LogP contribution in [0.2, 0.25) is 0 Å². The van der Waals surface area contributed by atoms with Crippen molar-refractivity contribution in [3.8, 4) is 11.5 Å². The fourth-order valence-corrected chi connectivity index (χ4v) is 6.09. The van der Waals surface area contributed by atoms with E-state index in [1.54, 1.807) is 6.07 Å². The van der Waals surface area contributed by atoms with E-state index in [2.05, 4.69) is 5.32 Å². The number of hydrogen-bond donors (Lipinski definition) is 1. The summed E-state index contributed by atoms with van der Waals surface area (Å²) >= 11 is 0. The van der Waals surface area contributed by atoms with Gasteiger partial charge in [-0.05, 0) is 54.3 Å². The Morgan fingerprint density at radius 1 is 1.09 bits per heavy atom. The maximum Gasteiger partial charge on any atom is 0.264 e. The summed E-state index contributed by atoms with van der Waals surface area (Å²) < 4.78 is 39.4. The fourth-order valence-electron chi connectivity index (χ4n) is 4.56. The van der Waals surface area contributed by atoms with Crippen LogP contribution in [-0.2, 0) is 22.9 Å². The highest BCUT2D eigenvalue weighted by molar-refractivity contribution is 7.92. The van der Waals surface area contributed by atoms with Crippen LogP contribution < -0.4 is 19.1 Å². The first kappa shape index (κ1) is 22.3. The number of carbonyl (C=O) groups is 1. The van der Waals surface area contributed by atoms with E-state index in [9.17, 15) is 13.2 Å². The van der Waals surface area contributed by atoms with Crippen molar-refractivity contribution in [3.63, 3.8) is 0 Å². The van der Waals surface area contributed by atoms with Gasteiger partial charge in [0.2, 0.25) is 0 Å². The molecule has 2 aliphatic heterocycles. The Hall–Kier alpha value is -3.52. The lowest BCUT2D eigenvalue weighted by Gasteiger charge is -2.25. The molecule has 3 aromatic rings. The minimum Gasteiger partial charge on any atom is -0.496 e. The van der Waals surface area contributed by atoms with Crippen LogP contribution in [0.1, 0.15) is 21.5 Å². The van der Waals surface area contributed by atoms with E-state index < -0.39 is 10.0 Å². The highest BCUT2D eigenvalue weighted by atomic mass is 32.2. The molecule has 0 unspecified atom stereocenters. The number of hydrogen-bond acceptors (Lipinski definition) is 5. The summed E-state index contributed by atoms with van der Waals surface area (Å²) in [5.74, 6) is 0.948. The molecule has 7 nitrogen and oxygen atoms in total. The van der Waals surface area contributed by atoms with Gasteiger partial charge in [0.1, 0.15) is 11.5 Å². The van der Waals surface area contributed by atoms with Gasteiger partial charge in [-0.3, -0.25) is 9.10 Å². The van der Waals surface area contributed by atoms with Gasteiger partial charge in [-0.1, -0.05) is 36.4 Å². The number of sulfonamides is 1. The van der Waals surface area contributed by atoms with Crippen LogP contribution in [0.3, 0.4) is 0 Å². The summed E-state index contributed by atoms with van der Waals surface area (Å²) in [6.07, 6.45) is 1.46. The Morgan fingerprint density at radius 3 is 2.68 bits per heavy atom. The average molecular weight is 479 g/mol. The van der Waals surface area contributed by atoms with Gasteiger partial charge in [0.25, 0.3) is 15.9 Å². The van der Waals surface area contributed by atoms with Gasteiger partial charge in [0.15, 0.2) is 0 Å². The van der Waals surface area contributed by atoms with E-state index in [4.69, 9.17) is 9.47 Å². The predicted molar refractivity (Wildman–Crippen MR) is 129 cm³/mol. The van der Waals surface area contributed by atoms with E-state index in [1.165, 1.54) is 29.6 Å². The summed E-state index contributed by atoms with van der Waals surface area (Å²) in [4.78, 5) is 13.1. The minimum absolute atomic E-state index is 0.0603. The van der Waals surface area contributed by atoms with Gasteiger partial charge in [0.05, 0.1) is 29.9 Å². The molecule has 5 rings (SSSR count). The molecular formula is C26H26N2O5S. The van der Waals surface area contributed by atoms with E-state index in [-0.39, 0.29) is 22.3 Å². The van der Waals surface area contributed by atoms with Gasteiger partial charge in [0, 0.05) is 19.0 Å². The Morgan fingerprint density at radius 2 is 1.85 bits per heavy atom. The van der Waals surface area contributed by atoms with Crippen LogP contribution >= 0.6 is 0 Å². The second-order valence-corrected chi connectivity index (χ2v) is 10.4. The van der Waals surface area contributed by atoms with Crippen LogP contribution in [-0.4, -0.2) is 41.1 Å². The summed E-state index contributed by atoms with van der Waals surface area (Å²) in [6.45, 7) is 1.29. The Balaban J connectivity index is 1.35. The van der Waals surface area contributed by atoms with Crippen LogP contribution in [0.25, 0.3) is 0 Å². The molecule has 1 N–H and O–H groups in total. The third kappa shape index (κ3) is 4.09. The molecule has 0 fully saturated rings. The lowest BCUT2D eigenvalue weighted by atomic mass is 9.96. The summed E-state index contributed by atoms with van der Waals surface area (Å²) in [5, 5.41) is 2.93. The zero-order chi connectivity index (χ0) is 23.7. The second kappa shape index (κ2) is 9.02. The zero-order valence-corrected chi connectivity index (χ0v) is 19.7. The van der Waals surface area contributed by atoms with Gasteiger partial charge in [-0.15, -0.1) is 0 Å². The average Bonchev–Trinajstić information content (AvgIpc) is 3.32. The number of para-hydroxylation sites is 2. The van der Waals surface area contributed by atoms with Crippen LogP contribution in [0.15, 0.2) is 71.6 Å². The molecule has 34 heavy (non-hydrogen) atoms. The fraction of sp³-hybridized carbons (Fsp3) is 0.269. The number of rotatable bonds is 6. The number of carbonyl (C=O) groups excluding carboxylic acids is 1. The highest BCUT2D eigenvalue weighted by Gasteiger charge is 2.31. The molecule has 0 saturated carbocycles. The van der Waals surface area contributed by atoms with Crippen LogP contribution in [0.5, 0.6) is 11.5 Å². The molecule has 0 radical (unpaired) electrons. The number of benzene rings is 3. The maximum absolute atomic E-state index is 13.4. The number of fused-ring (bicyclic) bond motifs is 2. The lowest BCUT2D eigenvalue weighted by molar-refractivity contribution is 0.0935. The topological polar surface area (TPSA) is 84.9 Å². The molecule has 1 amide bonds. The van der Waals surface area contributed by atoms with Crippen molar-refractivity contribution in [2.45, 2.75) is 17.7 Å². The quantitative estimate of drug-likeness (QED) is 0.587. The first-order valence-electron chi connectivity index (χ1n) is 11.2. The van der Waals surface area contributed by atoms with Crippen molar-refractivity contribution in [1.82, 2.24) is 5.32 Å². The number of methoxy groups -OCH3 is 1. The minimum atomic E-state index is -3.82. The van der Waals surface area contributed by atoms with Crippen molar-refractivity contribution in [2.24, 2.45) is 5.92 Å². The SMILES string of the molecule is COc1ccc(S(=O)(=O)N2CCc3ccccc32)cc1C(=O)NC[C@H]1COc2ccccc2C1. The van der Waals surface area contributed by atoms with E-state index in [0.29, 0.717) is 37.6 Å². The Kier molecular flexibility index (Phi) is 5.91. The highest BCUT2D eigenvalue weighted by Crippen LogP contribution is 2.34. The summed E-state index contributed by atoms with van der Waals surface area (Å²) in [5.41, 5.74) is 2.98. The van der Waals surface area contributed by atoms with Gasteiger partial charge in [-0.2, -0.15) is 0 Å². The number of anilines is 1. The molecule has 0 saturated heterocycles. The first-order chi connectivity index (χ1) is 16.5. The molecule has 0 aliphatic carbocycles. The van der Waals surface area contributed by atoms with E-state index in [1.807, 2.05) is 42.5 Å². The smallest absolute Gasteiger partial charge is 0.264 e. The van der Waals surface area contributed by atoms with Crippen molar-refractivity contribution >= 4 is 21.6 Å². The Labute approximate surface area is 199 Å². The number of ether oxygens (including phenoxy) is 2. The monoisotopic (exact) mass is 478 g/mol.